The van der Waals surface area contributed by atoms with Crippen LogP contribution in [-0.4, -0.2) is 21.9 Å². The highest BCUT2D eigenvalue weighted by atomic mass is 16.3. The highest BCUT2D eigenvalue weighted by Crippen LogP contribution is 2.08. The molecule has 1 unspecified atom stereocenters. The number of aliphatic hydroxyl groups is 1. The van der Waals surface area contributed by atoms with Gasteiger partial charge < -0.3 is 5.11 Å². The number of hydrogen-bond acceptors (Lipinski definition) is 2. The highest BCUT2D eigenvalue weighted by molar-refractivity contribution is 5.03. The molecule has 0 saturated carbocycles. The Labute approximate surface area is 53.7 Å². The fourth-order valence-corrected chi connectivity index (χ4v) is 0.639. The van der Waals surface area contributed by atoms with Crippen LogP contribution in [0.15, 0.2) is 12.3 Å². The Balaban J connectivity index is 2.65. The van der Waals surface area contributed by atoms with Crippen LogP contribution in [-0.2, 0) is 0 Å². The van der Waals surface area contributed by atoms with Crippen LogP contribution >= 0.6 is 0 Å². The topological polar surface area (TPSA) is 48.9 Å². The molecule has 0 bridgehead atoms. The van der Waals surface area contributed by atoms with Crippen LogP contribution in [0, 0.1) is 0 Å². The second kappa shape index (κ2) is 2.64. The average molecular weight is 126 g/mol. The van der Waals surface area contributed by atoms with E-state index in [1.807, 2.05) is 13.0 Å². The molecule has 0 spiro atoms. The van der Waals surface area contributed by atoms with Gasteiger partial charge in [0, 0.05) is 17.8 Å². The van der Waals surface area contributed by atoms with Crippen molar-refractivity contribution in [2.45, 2.75) is 12.8 Å². The first-order chi connectivity index (χ1) is 4.34. The van der Waals surface area contributed by atoms with Crippen molar-refractivity contribution in [3.8, 4) is 0 Å². The molecular weight excluding hydrogens is 116 g/mol. The maximum Gasteiger partial charge on any atom is 0.0511 e. The van der Waals surface area contributed by atoms with E-state index >= 15 is 0 Å². The van der Waals surface area contributed by atoms with Crippen LogP contribution in [0.5, 0.6) is 0 Å². The predicted molar refractivity (Wildman–Crippen MR) is 34.1 cm³/mol. The van der Waals surface area contributed by atoms with Gasteiger partial charge in [-0.15, -0.1) is 0 Å². The molecule has 0 radical (unpaired) electrons. The molecule has 3 nitrogen and oxygen atoms in total. The van der Waals surface area contributed by atoms with E-state index in [0.29, 0.717) is 0 Å². The summed E-state index contributed by atoms with van der Waals surface area (Å²) in [6, 6.07) is 1.86. The zero-order valence-electron chi connectivity index (χ0n) is 5.33. The van der Waals surface area contributed by atoms with Crippen LogP contribution in [0.3, 0.4) is 0 Å². The summed E-state index contributed by atoms with van der Waals surface area (Å²) in [6.45, 7) is 2.11. The Morgan fingerprint density at radius 2 is 2.67 bits per heavy atom. The number of aromatic nitrogens is 2. The van der Waals surface area contributed by atoms with Gasteiger partial charge in [0.1, 0.15) is 0 Å². The zero-order chi connectivity index (χ0) is 6.69. The summed E-state index contributed by atoms with van der Waals surface area (Å²) in [5, 5.41) is 15.2. The molecule has 1 aromatic rings. The van der Waals surface area contributed by atoms with Crippen molar-refractivity contribution in [3.63, 3.8) is 0 Å². The van der Waals surface area contributed by atoms with Crippen molar-refractivity contribution >= 4 is 0 Å². The lowest BCUT2D eigenvalue weighted by Crippen LogP contribution is -1.98. The molecule has 0 fully saturated rings. The van der Waals surface area contributed by atoms with Crippen molar-refractivity contribution < 1.29 is 5.11 Å². The lowest BCUT2D eigenvalue weighted by atomic mass is 10.1. The van der Waals surface area contributed by atoms with Crippen LogP contribution in [0.2, 0.25) is 0 Å². The number of H-pyrrole nitrogens is 1. The number of hydrogen-bond donors (Lipinski definition) is 2. The van der Waals surface area contributed by atoms with Crippen molar-refractivity contribution in [1.82, 2.24) is 10.2 Å². The Hall–Kier alpha value is -0.830. The van der Waals surface area contributed by atoms with E-state index in [9.17, 15) is 0 Å². The Bertz CT molecular complexity index is 160. The van der Waals surface area contributed by atoms with Crippen LogP contribution in [0.4, 0.5) is 0 Å². The molecule has 1 rings (SSSR count). The fraction of sp³-hybridized carbons (Fsp3) is 0.500. The molecule has 0 saturated heterocycles. The molecular formula is C6H10N2O. The van der Waals surface area contributed by atoms with E-state index in [0.717, 1.165) is 5.69 Å². The molecule has 3 heteroatoms. The number of aromatic amines is 1. The van der Waals surface area contributed by atoms with Gasteiger partial charge in [-0.2, -0.15) is 5.10 Å². The van der Waals surface area contributed by atoms with Gasteiger partial charge in [-0.3, -0.25) is 5.10 Å². The van der Waals surface area contributed by atoms with E-state index in [4.69, 9.17) is 5.11 Å². The van der Waals surface area contributed by atoms with Gasteiger partial charge in [0.15, 0.2) is 0 Å². The first-order valence-electron chi connectivity index (χ1n) is 2.94. The van der Waals surface area contributed by atoms with Crippen LogP contribution in [0.1, 0.15) is 18.5 Å². The second-order valence-electron chi connectivity index (χ2n) is 2.10. The summed E-state index contributed by atoms with van der Waals surface area (Å²) in [5.41, 5.74) is 0.984. The Kier molecular flexibility index (Phi) is 1.85. The van der Waals surface area contributed by atoms with E-state index < -0.39 is 0 Å². The molecule has 0 aromatic carbocycles. The SMILES string of the molecule is CC(CO)c1ccn[nH]1. The number of aliphatic hydroxyl groups excluding tert-OH is 1. The second-order valence-corrected chi connectivity index (χ2v) is 2.10. The number of nitrogens with one attached hydrogen (secondary N) is 1. The van der Waals surface area contributed by atoms with Crippen molar-refractivity contribution in [2.75, 3.05) is 6.61 Å². The molecule has 1 heterocycles. The van der Waals surface area contributed by atoms with Crippen LogP contribution in [0.25, 0.3) is 0 Å². The summed E-state index contributed by atoms with van der Waals surface area (Å²) in [7, 11) is 0. The van der Waals surface area contributed by atoms with Gasteiger partial charge in [-0.1, -0.05) is 6.92 Å². The number of rotatable bonds is 2. The third-order valence-electron chi connectivity index (χ3n) is 1.33. The van der Waals surface area contributed by atoms with Gasteiger partial charge in [0.2, 0.25) is 0 Å². The first kappa shape index (κ1) is 6.29. The highest BCUT2D eigenvalue weighted by Gasteiger charge is 2.02. The summed E-state index contributed by atoms with van der Waals surface area (Å²) in [5.74, 6) is 0.174. The molecule has 1 aromatic heterocycles. The van der Waals surface area contributed by atoms with E-state index in [1.165, 1.54) is 0 Å². The molecule has 0 aliphatic carbocycles. The molecule has 0 aliphatic rings. The quantitative estimate of drug-likeness (QED) is 0.606. The number of nitrogens with zero attached hydrogens (tertiary/aromatic N) is 1. The molecule has 50 valence electrons. The van der Waals surface area contributed by atoms with Gasteiger partial charge in [0.25, 0.3) is 0 Å². The summed E-state index contributed by atoms with van der Waals surface area (Å²) < 4.78 is 0. The third-order valence-corrected chi connectivity index (χ3v) is 1.33. The van der Waals surface area contributed by atoms with Crippen molar-refractivity contribution in [3.05, 3.63) is 18.0 Å². The van der Waals surface area contributed by atoms with Crippen molar-refractivity contribution in [1.29, 1.82) is 0 Å². The Morgan fingerprint density at radius 3 is 3.11 bits per heavy atom. The largest absolute Gasteiger partial charge is 0.396 e. The lowest BCUT2D eigenvalue weighted by molar-refractivity contribution is 0.271. The third kappa shape index (κ3) is 1.29. The maximum absolute atomic E-state index is 8.66. The van der Waals surface area contributed by atoms with Crippen LogP contribution < -0.4 is 0 Å². The minimum Gasteiger partial charge on any atom is -0.396 e. The van der Waals surface area contributed by atoms with E-state index in [1.54, 1.807) is 6.20 Å². The molecule has 0 aliphatic heterocycles. The summed E-state index contributed by atoms with van der Waals surface area (Å²) in [4.78, 5) is 0. The fourth-order valence-electron chi connectivity index (χ4n) is 0.639. The first-order valence-corrected chi connectivity index (χ1v) is 2.94. The molecule has 9 heavy (non-hydrogen) atoms. The minimum absolute atomic E-state index is 0.169. The molecule has 2 N–H and O–H groups in total. The average Bonchev–Trinajstić information content (AvgIpc) is 2.37. The minimum atomic E-state index is 0.169. The van der Waals surface area contributed by atoms with Gasteiger partial charge in [0.05, 0.1) is 6.61 Å². The Morgan fingerprint density at radius 1 is 1.89 bits per heavy atom. The predicted octanol–water partition coefficient (Wildman–Crippen LogP) is 0.505. The van der Waals surface area contributed by atoms with Gasteiger partial charge in [-0.05, 0) is 6.07 Å². The monoisotopic (exact) mass is 126 g/mol. The summed E-state index contributed by atoms with van der Waals surface area (Å²) in [6.07, 6.45) is 1.68. The van der Waals surface area contributed by atoms with Crippen molar-refractivity contribution in [2.24, 2.45) is 0 Å². The standard InChI is InChI=1S/C6H10N2O/c1-5(4-9)6-2-3-7-8-6/h2-3,5,9H,4H2,1H3,(H,7,8). The smallest absolute Gasteiger partial charge is 0.0511 e. The zero-order valence-corrected chi connectivity index (χ0v) is 5.33. The van der Waals surface area contributed by atoms with E-state index in [-0.39, 0.29) is 12.5 Å². The lowest BCUT2D eigenvalue weighted by Gasteiger charge is -2.01. The normalized spacial score (nSPS) is 13.6. The van der Waals surface area contributed by atoms with Gasteiger partial charge in [-0.25, -0.2) is 0 Å². The maximum atomic E-state index is 8.66. The van der Waals surface area contributed by atoms with E-state index in [2.05, 4.69) is 10.2 Å². The summed E-state index contributed by atoms with van der Waals surface area (Å²) >= 11 is 0. The van der Waals surface area contributed by atoms with Gasteiger partial charge >= 0.3 is 0 Å². The molecule has 0 amide bonds. The molecule has 1 atom stereocenters.